The molecule has 1 aliphatic rings. The molecule has 1 N–H and O–H groups in total. The Morgan fingerprint density at radius 3 is 2.53 bits per heavy atom. The molecule has 0 aliphatic carbocycles. The summed E-state index contributed by atoms with van der Waals surface area (Å²) in [5.74, 6) is 0. The van der Waals surface area contributed by atoms with Crippen molar-refractivity contribution in [1.29, 1.82) is 0 Å². The standard InChI is InChI=1S/C15H21NO3/c1-15(2,3)19-14(18)16-10-9-12(17)13(16)11-7-5-4-6-8-11/h4-8,12-13,17H,9-10H2,1-3H3/t12-,13-/m0/s1. The van der Waals surface area contributed by atoms with Crippen LogP contribution in [0.2, 0.25) is 0 Å². The fourth-order valence-electron chi connectivity index (χ4n) is 2.35. The first-order valence-electron chi connectivity index (χ1n) is 6.61. The van der Waals surface area contributed by atoms with Gasteiger partial charge >= 0.3 is 6.09 Å². The zero-order valence-electron chi connectivity index (χ0n) is 11.7. The Morgan fingerprint density at radius 2 is 1.95 bits per heavy atom. The highest BCUT2D eigenvalue weighted by Crippen LogP contribution is 2.33. The van der Waals surface area contributed by atoms with Crippen LogP contribution >= 0.6 is 0 Å². The van der Waals surface area contributed by atoms with E-state index in [0.717, 1.165) is 5.56 Å². The van der Waals surface area contributed by atoms with E-state index >= 15 is 0 Å². The van der Waals surface area contributed by atoms with Gasteiger partial charge in [0.1, 0.15) is 5.60 Å². The van der Waals surface area contributed by atoms with Gasteiger partial charge in [-0.1, -0.05) is 30.3 Å². The second-order valence-electron chi connectivity index (χ2n) is 5.89. The molecule has 1 heterocycles. The van der Waals surface area contributed by atoms with Gasteiger partial charge in [-0.15, -0.1) is 0 Å². The van der Waals surface area contributed by atoms with Crippen LogP contribution < -0.4 is 0 Å². The highest BCUT2D eigenvalue weighted by molar-refractivity contribution is 5.69. The fraction of sp³-hybridized carbons (Fsp3) is 0.533. The van der Waals surface area contributed by atoms with Crippen molar-refractivity contribution in [2.24, 2.45) is 0 Å². The average Bonchev–Trinajstić information content (AvgIpc) is 2.70. The Morgan fingerprint density at radius 1 is 1.32 bits per heavy atom. The van der Waals surface area contributed by atoms with Crippen molar-refractivity contribution in [1.82, 2.24) is 4.90 Å². The number of carbonyl (C=O) groups excluding carboxylic acids is 1. The molecule has 0 aromatic heterocycles. The molecule has 1 aromatic rings. The van der Waals surface area contributed by atoms with Crippen LogP contribution in [0, 0.1) is 0 Å². The molecule has 0 saturated carbocycles. The van der Waals surface area contributed by atoms with E-state index in [9.17, 15) is 9.90 Å². The molecule has 1 aliphatic heterocycles. The summed E-state index contributed by atoms with van der Waals surface area (Å²) >= 11 is 0. The molecule has 4 nitrogen and oxygen atoms in total. The number of amides is 1. The SMILES string of the molecule is CC(C)(C)OC(=O)N1CC[C@H](O)[C@@H]1c1ccccc1. The molecule has 1 fully saturated rings. The summed E-state index contributed by atoms with van der Waals surface area (Å²) in [6, 6.07) is 9.29. The van der Waals surface area contributed by atoms with Crippen molar-refractivity contribution >= 4 is 6.09 Å². The number of hydrogen-bond acceptors (Lipinski definition) is 3. The van der Waals surface area contributed by atoms with Crippen molar-refractivity contribution in [2.45, 2.75) is 44.9 Å². The summed E-state index contributed by atoms with van der Waals surface area (Å²) < 4.78 is 5.40. The number of likely N-dealkylation sites (tertiary alicyclic amines) is 1. The van der Waals surface area contributed by atoms with Gasteiger partial charge in [-0.25, -0.2) is 4.79 Å². The number of ether oxygens (including phenoxy) is 1. The minimum atomic E-state index is -0.532. The Bertz CT molecular complexity index is 438. The number of nitrogens with zero attached hydrogens (tertiary/aromatic N) is 1. The lowest BCUT2D eigenvalue weighted by Gasteiger charge is -2.29. The van der Waals surface area contributed by atoms with Gasteiger partial charge in [0, 0.05) is 6.54 Å². The number of hydrogen-bond donors (Lipinski definition) is 1. The molecule has 2 atom stereocenters. The Kier molecular flexibility index (Phi) is 3.80. The highest BCUT2D eigenvalue weighted by Gasteiger charge is 2.38. The summed E-state index contributed by atoms with van der Waals surface area (Å²) in [5.41, 5.74) is 0.421. The van der Waals surface area contributed by atoms with Gasteiger partial charge in [-0.2, -0.15) is 0 Å². The van der Waals surface area contributed by atoms with Gasteiger partial charge in [0.25, 0.3) is 0 Å². The Hall–Kier alpha value is -1.55. The number of carbonyl (C=O) groups is 1. The molecule has 2 rings (SSSR count). The van der Waals surface area contributed by atoms with Crippen LogP contribution in [0.3, 0.4) is 0 Å². The van der Waals surface area contributed by atoms with E-state index in [0.29, 0.717) is 13.0 Å². The maximum Gasteiger partial charge on any atom is 0.410 e. The number of benzene rings is 1. The van der Waals surface area contributed by atoms with E-state index in [2.05, 4.69) is 0 Å². The van der Waals surface area contributed by atoms with Gasteiger partial charge < -0.3 is 9.84 Å². The van der Waals surface area contributed by atoms with Crippen molar-refractivity contribution in [3.05, 3.63) is 35.9 Å². The number of rotatable bonds is 1. The third kappa shape index (κ3) is 3.26. The maximum atomic E-state index is 12.2. The second-order valence-corrected chi connectivity index (χ2v) is 5.89. The summed E-state index contributed by atoms with van der Waals surface area (Å²) in [4.78, 5) is 13.8. The largest absolute Gasteiger partial charge is 0.444 e. The van der Waals surface area contributed by atoms with Crippen molar-refractivity contribution in [3.8, 4) is 0 Å². The molecule has 1 saturated heterocycles. The van der Waals surface area contributed by atoms with Crippen LogP contribution in [-0.4, -0.2) is 34.3 Å². The molecule has 104 valence electrons. The first-order chi connectivity index (χ1) is 8.88. The molecule has 0 unspecified atom stereocenters. The smallest absolute Gasteiger partial charge is 0.410 e. The summed E-state index contributed by atoms with van der Waals surface area (Å²) in [6.07, 6.45) is -0.313. The molecule has 1 aromatic carbocycles. The fourth-order valence-corrected chi connectivity index (χ4v) is 2.35. The van der Waals surface area contributed by atoms with Gasteiger partial charge in [0.15, 0.2) is 0 Å². The van der Waals surface area contributed by atoms with E-state index in [4.69, 9.17) is 4.74 Å². The first kappa shape index (κ1) is 13.9. The third-order valence-electron chi connectivity index (χ3n) is 3.14. The molecule has 1 amide bonds. The molecule has 0 bridgehead atoms. The van der Waals surface area contributed by atoms with Crippen LogP contribution in [0.5, 0.6) is 0 Å². The van der Waals surface area contributed by atoms with Crippen molar-refractivity contribution in [2.75, 3.05) is 6.54 Å². The predicted molar refractivity (Wildman–Crippen MR) is 72.7 cm³/mol. The lowest BCUT2D eigenvalue weighted by atomic mass is 10.0. The monoisotopic (exact) mass is 263 g/mol. The molecular weight excluding hydrogens is 242 g/mol. The van der Waals surface area contributed by atoms with Crippen LogP contribution in [-0.2, 0) is 4.74 Å². The average molecular weight is 263 g/mol. The summed E-state index contributed by atoms with van der Waals surface area (Å²) in [6.45, 7) is 6.05. The molecule has 0 radical (unpaired) electrons. The summed E-state index contributed by atoms with van der Waals surface area (Å²) in [7, 11) is 0. The minimum Gasteiger partial charge on any atom is -0.444 e. The van der Waals surface area contributed by atoms with Crippen LogP contribution in [0.15, 0.2) is 30.3 Å². The van der Waals surface area contributed by atoms with Crippen LogP contribution in [0.4, 0.5) is 4.79 Å². The summed E-state index contributed by atoms with van der Waals surface area (Å²) in [5, 5.41) is 10.1. The molecule has 4 heteroatoms. The van der Waals surface area contributed by atoms with Crippen LogP contribution in [0.25, 0.3) is 0 Å². The number of aliphatic hydroxyl groups excluding tert-OH is 1. The quantitative estimate of drug-likeness (QED) is 0.847. The lowest BCUT2D eigenvalue weighted by Crippen LogP contribution is -2.37. The Balaban J connectivity index is 2.18. The van der Waals surface area contributed by atoms with Gasteiger partial charge in [0.05, 0.1) is 12.1 Å². The number of aliphatic hydroxyl groups is 1. The second kappa shape index (κ2) is 5.21. The van der Waals surface area contributed by atoms with E-state index in [-0.39, 0.29) is 12.1 Å². The van der Waals surface area contributed by atoms with E-state index in [1.54, 1.807) is 4.90 Å². The first-order valence-corrected chi connectivity index (χ1v) is 6.61. The zero-order valence-corrected chi connectivity index (χ0v) is 11.7. The molecule has 19 heavy (non-hydrogen) atoms. The maximum absolute atomic E-state index is 12.2. The van der Waals surface area contributed by atoms with Crippen molar-refractivity contribution < 1.29 is 14.6 Å². The van der Waals surface area contributed by atoms with E-state index < -0.39 is 11.7 Å². The van der Waals surface area contributed by atoms with Gasteiger partial charge in [0.2, 0.25) is 0 Å². The Labute approximate surface area is 114 Å². The van der Waals surface area contributed by atoms with Crippen LogP contribution in [0.1, 0.15) is 38.8 Å². The third-order valence-corrected chi connectivity index (χ3v) is 3.14. The normalized spacial score (nSPS) is 23.5. The predicted octanol–water partition coefficient (Wildman–Crippen LogP) is 2.73. The van der Waals surface area contributed by atoms with E-state index in [1.165, 1.54) is 0 Å². The van der Waals surface area contributed by atoms with Gasteiger partial charge in [-0.05, 0) is 32.8 Å². The molecule has 0 spiro atoms. The van der Waals surface area contributed by atoms with E-state index in [1.807, 2.05) is 51.1 Å². The van der Waals surface area contributed by atoms with Crippen molar-refractivity contribution in [3.63, 3.8) is 0 Å². The topological polar surface area (TPSA) is 49.8 Å². The van der Waals surface area contributed by atoms with Gasteiger partial charge in [-0.3, -0.25) is 4.90 Å². The zero-order chi connectivity index (χ0) is 14.0. The lowest BCUT2D eigenvalue weighted by molar-refractivity contribution is 0.0152. The highest BCUT2D eigenvalue weighted by atomic mass is 16.6. The minimum absolute atomic E-state index is 0.309. The molecular formula is C15H21NO3.